The van der Waals surface area contributed by atoms with Crippen molar-refractivity contribution < 1.29 is 28.0 Å². The average Bonchev–Trinajstić information content (AvgIpc) is 3.35. The van der Waals surface area contributed by atoms with Gasteiger partial charge in [0.05, 0.1) is 31.8 Å². The Kier molecular flexibility index (Phi) is 7.02. The van der Waals surface area contributed by atoms with E-state index in [-0.39, 0.29) is 37.3 Å². The molecule has 3 aromatic rings. The molecular weight excluding hydrogens is 438 g/mol. The summed E-state index contributed by atoms with van der Waals surface area (Å²) < 4.78 is 22.2. The zero-order valence-corrected chi connectivity index (χ0v) is 19.9. The second-order valence-electron chi connectivity index (χ2n) is 8.48. The van der Waals surface area contributed by atoms with Crippen LogP contribution >= 0.6 is 0 Å². The lowest BCUT2D eigenvalue weighted by Gasteiger charge is -2.25. The first-order valence-corrected chi connectivity index (χ1v) is 11.1. The lowest BCUT2D eigenvalue weighted by molar-refractivity contribution is -0.132. The normalized spacial score (nSPS) is 16.6. The van der Waals surface area contributed by atoms with Crippen LogP contribution in [0.1, 0.15) is 38.7 Å². The standard InChI is InChI=1S/C25H29N3O6/c1-16-8-9-32-24(16)25(30)28-13-21(33-15-22-17(2)26-34-18(22)3)12-27(23(29)14-28)11-19-6-5-7-20(10-19)31-4/h5-10,21H,11-15H2,1-4H3/t21-/m1/s1. The number of carbonyl (C=O) groups is 2. The number of hydrogen-bond donors (Lipinski definition) is 0. The topological polar surface area (TPSA) is 98.2 Å². The molecule has 9 nitrogen and oxygen atoms in total. The van der Waals surface area contributed by atoms with Crippen LogP contribution in [-0.2, 0) is 22.7 Å². The highest BCUT2D eigenvalue weighted by atomic mass is 16.5. The first-order valence-electron chi connectivity index (χ1n) is 11.1. The van der Waals surface area contributed by atoms with E-state index in [1.165, 1.54) is 11.2 Å². The van der Waals surface area contributed by atoms with Crippen LogP contribution in [0.5, 0.6) is 5.75 Å². The third kappa shape index (κ3) is 5.14. The Morgan fingerprint density at radius 2 is 2.03 bits per heavy atom. The summed E-state index contributed by atoms with van der Waals surface area (Å²) in [4.78, 5) is 29.6. The third-order valence-corrected chi connectivity index (χ3v) is 6.02. The summed E-state index contributed by atoms with van der Waals surface area (Å²) in [6.07, 6.45) is 1.06. The van der Waals surface area contributed by atoms with E-state index < -0.39 is 6.10 Å². The summed E-state index contributed by atoms with van der Waals surface area (Å²) in [6.45, 7) is 6.67. The Labute approximate surface area is 198 Å². The number of nitrogens with zero attached hydrogens (tertiary/aromatic N) is 3. The molecule has 0 aliphatic carbocycles. The molecule has 2 amide bonds. The van der Waals surface area contributed by atoms with Gasteiger partial charge in [-0.15, -0.1) is 0 Å². The second kappa shape index (κ2) is 10.1. The minimum Gasteiger partial charge on any atom is -0.497 e. The van der Waals surface area contributed by atoms with E-state index in [0.29, 0.717) is 18.8 Å². The molecule has 2 aromatic heterocycles. The number of furan rings is 1. The van der Waals surface area contributed by atoms with Crippen LogP contribution in [-0.4, -0.2) is 59.6 Å². The number of carbonyl (C=O) groups excluding carboxylic acids is 2. The fourth-order valence-electron chi connectivity index (χ4n) is 4.03. The minimum atomic E-state index is -0.412. The zero-order chi connectivity index (χ0) is 24.2. The van der Waals surface area contributed by atoms with Crippen molar-refractivity contribution in [2.75, 3.05) is 26.7 Å². The number of amides is 2. The van der Waals surface area contributed by atoms with Crippen molar-refractivity contribution in [3.8, 4) is 5.75 Å². The van der Waals surface area contributed by atoms with E-state index in [1.807, 2.05) is 38.1 Å². The van der Waals surface area contributed by atoms with Crippen LogP contribution < -0.4 is 4.74 Å². The van der Waals surface area contributed by atoms with Gasteiger partial charge in [0.2, 0.25) is 5.91 Å². The van der Waals surface area contributed by atoms with Gasteiger partial charge in [-0.3, -0.25) is 9.59 Å². The van der Waals surface area contributed by atoms with E-state index in [4.69, 9.17) is 18.4 Å². The molecule has 1 aromatic carbocycles. The van der Waals surface area contributed by atoms with Gasteiger partial charge in [0.1, 0.15) is 18.1 Å². The minimum absolute atomic E-state index is 0.0614. The Hall–Kier alpha value is -3.59. The largest absolute Gasteiger partial charge is 0.497 e. The summed E-state index contributed by atoms with van der Waals surface area (Å²) >= 11 is 0. The van der Waals surface area contributed by atoms with Gasteiger partial charge in [0.25, 0.3) is 5.91 Å². The molecule has 0 N–H and O–H groups in total. The molecule has 34 heavy (non-hydrogen) atoms. The number of aryl methyl sites for hydroxylation is 3. The highest BCUT2D eigenvalue weighted by Gasteiger charge is 2.33. The van der Waals surface area contributed by atoms with E-state index in [0.717, 1.165) is 28.1 Å². The maximum absolute atomic E-state index is 13.2. The predicted molar refractivity (Wildman–Crippen MR) is 122 cm³/mol. The van der Waals surface area contributed by atoms with Gasteiger partial charge in [-0.25, -0.2) is 0 Å². The van der Waals surface area contributed by atoms with Crippen molar-refractivity contribution in [1.29, 1.82) is 0 Å². The molecule has 1 aliphatic heterocycles. The number of methoxy groups -OCH3 is 1. The lowest BCUT2D eigenvalue weighted by Crippen LogP contribution is -2.39. The molecule has 0 unspecified atom stereocenters. The van der Waals surface area contributed by atoms with E-state index in [1.54, 1.807) is 25.0 Å². The van der Waals surface area contributed by atoms with Crippen LogP contribution in [0, 0.1) is 20.8 Å². The molecule has 0 saturated carbocycles. The average molecular weight is 468 g/mol. The number of ether oxygens (including phenoxy) is 2. The fourth-order valence-corrected chi connectivity index (χ4v) is 4.03. The number of hydrogen-bond acceptors (Lipinski definition) is 7. The molecule has 3 heterocycles. The molecule has 1 atom stereocenters. The summed E-state index contributed by atoms with van der Waals surface area (Å²) in [7, 11) is 1.61. The molecule has 180 valence electrons. The van der Waals surface area contributed by atoms with Gasteiger partial charge in [0, 0.05) is 30.8 Å². The third-order valence-electron chi connectivity index (χ3n) is 6.02. The van der Waals surface area contributed by atoms with Crippen LogP contribution in [0.4, 0.5) is 0 Å². The number of aromatic nitrogens is 1. The van der Waals surface area contributed by atoms with Crippen LogP contribution in [0.2, 0.25) is 0 Å². The van der Waals surface area contributed by atoms with E-state index in [2.05, 4.69) is 5.16 Å². The zero-order valence-electron chi connectivity index (χ0n) is 19.9. The monoisotopic (exact) mass is 467 g/mol. The SMILES string of the molecule is COc1cccc(CN2C[C@@H](OCc3c(C)noc3C)CN(C(=O)c3occc3C)CC2=O)c1. The molecular formula is C25H29N3O6. The summed E-state index contributed by atoms with van der Waals surface area (Å²) in [6, 6.07) is 9.31. The molecule has 1 aliphatic rings. The predicted octanol–water partition coefficient (Wildman–Crippen LogP) is 3.27. The smallest absolute Gasteiger partial charge is 0.290 e. The highest BCUT2D eigenvalue weighted by Crippen LogP contribution is 2.21. The van der Waals surface area contributed by atoms with Crippen molar-refractivity contribution in [2.24, 2.45) is 0 Å². The van der Waals surface area contributed by atoms with Gasteiger partial charge in [-0.05, 0) is 44.5 Å². The van der Waals surface area contributed by atoms with E-state index >= 15 is 0 Å². The van der Waals surface area contributed by atoms with Gasteiger partial charge in [0.15, 0.2) is 5.76 Å². The summed E-state index contributed by atoms with van der Waals surface area (Å²) in [5.74, 6) is 1.15. The van der Waals surface area contributed by atoms with Crippen molar-refractivity contribution in [3.63, 3.8) is 0 Å². The Morgan fingerprint density at radius 1 is 1.21 bits per heavy atom. The second-order valence-corrected chi connectivity index (χ2v) is 8.48. The quantitative estimate of drug-likeness (QED) is 0.526. The Bertz CT molecular complexity index is 1150. The van der Waals surface area contributed by atoms with Gasteiger partial charge in [-0.2, -0.15) is 0 Å². The van der Waals surface area contributed by atoms with Crippen molar-refractivity contribution in [2.45, 2.75) is 40.0 Å². The summed E-state index contributed by atoms with van der Waals surface area (Å²) in [5.41, 5.74) is 3.28. The summed E-state index contributed by atoms with van der Waals surface area (Å²) in [5, 5.41) is 3.98. The maximum Gasteiger partial charge on any atom is 0.290 e. The maximum atomic E-state index is 13.2. The van der Waals surface area contributed by atoms with Crippen molar-refractivity contribution in [1.82, 2.24) is 15.0 Å². The lowest BCUT2D eigenvalue weighted by atomic mass is 10.2. The van der Waals surface area contributed by atoms with Crippen LogP contribution in [0.15, 0.2) is 45.5 Å². The molecule has 9 heteroatoms. The molecule has 1 saturated heterocycles. The Morgan fingerprint density at radius 3 is 2.71 bits per heavy atom. The fraction of sp³-hybridized carbons (Fsp3) is 0.400. The molecule has 0 spiro atoms. The highest BCUT2D eigenvalue weighted by molar-refractivity contribution is 5.95. The van der Waals surface area contributed by atoms with Gasteiger partial charge in [-0.1, -0.05) is 17.3 Å². The van der Waals surface area contributed by atoms with Gasteiger partial charge >= 0.3 is 0 Å². The van der Waals surface area contributed by atoms with Crippen LogP contribution in [0.3, 0.4) is 0 Å². The Balaban J connectivity index is 1.56. The van der Waals surface area contributed by atoms with Gasteiger partial charge < -0.3 is 28.2 Å². The molecule has 0 radical (unpaired) electrons. The first kappa shape index (κ1) is 23.6. The molecule has 1 fully saturated rings. The first-order chi connectivity index (χ1) is 16.4. The molecule has 0 bridgehead atoms. The number of rotatable bonds is 7. The molecule has 4 rings (SSSR count). The van der Waals surface area contributed by atoms with E-state index in [9.17, 15) is 9.59 Å². The van der Waals surface area contributed by atoms with Crippen molar-refractivity contribution in [3.05, 3.63) is 70.5 Å². The van der Waals surface area contributed by atoms with Crippen molar-refractivity contribution >= 4 is 11.8 Å². The van der Waals surface area contributed by atoms with Crippen LogP contribution in [0.25, 0.3) is 0 Å². The number of benzene rings is 1.